The molecule has 0 saturated heterocycles. The van der Waals surface area contributed by atoms with Crippen molar-refractivity contribution < 1.29 is 22.5 Å². The van der Waals surface area contributed by atoms with Gasteiger partial charge in [-0.3, -0.25) is 4.55 Å². The summed E-state index contributed by atoms with van der Waals surface area (Å²) in [5.74, 6) is -0.992. The van der Waals surface area contributed by atoms with Gasteiger partial charge in [0, 0.05) is 0 Å². The second-order valence-corrected chi connectivity index (χ2v) is 5.16. The minimum absolute atomic E-state index is 0.109. The first-order valence-corrected chi connectivity index (χ1v) is 6.45. The molecule has 1 N–H and O–H groups in total. The zero-order valence-corrected chi connectivity index (χ0v) is 10.4. The average molecular weight is 258 g/mol. The number of hydrogen-bond donors (Lipinski definition) is 1. The van der Waals surface area contributed by atoms with Crippen LogP contribution in [0.2, 0.25) is 0 Å². The predicted octanol–water partition coefficient (Wildman–Crippen LogP) is 1.35. The van der Waals surface area contributed by atoms with Crippen LogP contribution in [0.5, 0.6) is 0 Å². The maximum atomic E-state index is 11.8. The third-order valence-corrected chi connectivity index (χ3v) is 4.27. The number of benzene rings is 1. The molecule has 0 spiro atoms. The Morgan fingerprint density at radius 2 is 1.88 bits per heavy atom. The lowest BCUT2D eigenvalue weighted by Crippen LogP contribution is -2.43. The third kappa shape index (κ3) is 2.18. The van der Waals surface area contributed by atoms with Crippen LogP contribution in [0.3, 0.4) is 0 Å². The van der Waals surface area contributed by atoms with Gasteiger partial charge in [-0.05, 0) is 12.0 Å². The molecule has 1 unspecified atom stereocenters. The van der Waals surface area contributed by atoms with Crippen LogP contribution in [0, 0.1) is 0 Å². The fourth-order valence-corrected chi connectivity index (χ4v) is 2.87. The van der Waals surface area contributed by atoms with Gasteiger partial charge in [0.05, 0.1) is 7.11 Å². The summed E-state index contributed by atoms with van der Waals surface area (Å²) in [6.07, 6.45) is -0.109. The largest absolute Gasteiger partial charge is 0.468 e. The van der Waals surface area contributed by atoms with E-state index in [1.165, 1.54) is 19.1 Å². The molecule has 0 radical (unpaired) electrons. The Bertz CT molecular complexity index is 494. The SMILES string of the molecule is CCC(C(=O)OC)(c1ccccc1)S(=O)(=O)O. The first-order valence-electron chi connectivity index (χ1n) is 5.01. The van der Waals surface area contributed by atoms with Crippen LogP contribution in [0.25, 0.3) is 0 Å². The van der Waals surface area contributed by atoms with Crippen molar-refractivity contribution in [2.24, 2.45) is 0 Å². The van der Waals surface area contributed by atoms with E-state index in [2.05, 4.69) is 4.74 Å². The summed E-state index contributed by atoms with van der Waals surface area (Å²) in [6.45, 7) is 1.50. The lowest BCUT2D eigenvalue weighted by atomic mass is 9.95. The van der Waals surface area contributed by atoms with Gasteiger partial charge in [0.2, 0.25) is 4.75 Å². The molecule has 94 valence electrons. The molecule has 1 aromatic carbocycles. The van der Waals surface area contributed by atoms with Crippen molar-refractivity contribution in [2.75, 3.05) is 7.11 Å². The van der Waals surface area contributed by atoms with Crippen molar-refractivity contribution in [1.29, 1.82) is 0 Å². The van der Waals surface area contributed by atoms with E-state index in [1.54, 1.807) is 18.2 Å². The highest BCUT2D eigenvalue weighted by Gasteiger charge is 2.51. The second kappa shape index (κ2) is 4.85. The summed E-state index contributed by atoms with van der Waals surface area (Å²) < 4.78 is 34.9. The molecule has 0 bridgehead atoms. The van der Waals surface area contributed by atoms with E-state index in [0.717, 1.165) is 7.11 Å². The highest BCUT2D eigenvalue weighted by molar-refractivity contribution is 7.87. The maximum absolute atomic E-state index is 11.8. The van der Waals surface area contributed by atoms with Gasteiger partial charge < -0.3 is 4.74 Å². The molecule has 5 nitrogen and oxygen atoms in total. The van der Waals surface area contributed by atoms with Crippen molar-refractivity contribution in [1.82, 2.24) is 0 Å². The topological polar surface area (TPSA) is 80.7 Å². The molecule has 0 heterocycles. The Hall–Kier alpha value is -1.40. The molecule has 0 aromatic heterocycles. The molecule has 0 amide bonds. The monoisotopic (exact) mass is 258 g/mol. The Morgan fingerprint density at radius 3 is 2.24 bits per heavy atom. The molecule has 0 aliphatic rings. The van der Waals surface area contributed by atoms with Gasteiger partial charge >= 0.3 is 5.97 Å². The second-order valence-electron chi connectivity index (χ2n) is 3.51. The van der Waals surface area contributed by atoms with Crippen LogP contribution >= 0.6 is 0 Å². The summed E-state index contributed by atoms with van der Waals surface area (Å²) in [4.78, 5) is 11.8. The van der Waals surface area contributed by atoms with Gasteiger partial charge in [-0.2, -0.15) is 8.42 Å². The van der Waals surface area contributed by atoms with Crippen LogP contribution in [-0.2, 0) is 24.4 Å². The van der Waals surface area contributed by atoms with Crippen molar-refractivity contribution >= 4 is 16.1 Å². The fraction of sp³-hybridized carbons (Fsp3) is 0.364. The van der Waals surface area contributed by atoms with Gasteiger partial charge in [0.15, 0.2) is 0 Å². The van der Waals surface area contributed by atoms with E-state index in [-0.39, 0.29) is 12.0 Å². The van der Waals surface area contributed by atoms with Gasteiger partial charge in [-0.15, -0.1) is 0 Å². The molecule has 1 aromatic rings. The summed E-state index contributed by atoms with van der Waals surface area (Å²) >= 11 is 0. The van der Waals surface area contributed by atoms with Crippen LogP contribution in [0.15, 0.2) is 30.3 Å². The zero-order valence-electron chi connectivity index (χ0n) is 9.58. The summed E-state index contributed by atoms with van der Waals surface area (Å²) in [7, 11) is -3.53. The van der Waals surface area contributed by atoms with Crippen LogP contribution in [0.1, 0.15) is 18.9 Å². The predicted molar refractivity (Wildman–Crippen MR) is 62.0 cm³/mol. The van der Waals surface area contributed by atoms with Crippen molar-refractivity contribution in [3.8, 4) is 0 Å². The maximum Gasteiger partial charge on any atom is 0.334 e. The minimum Gasteiger partial charge on any atom is -0.468 e. The molecule has 6 heteroatoms. The molecular weight excluding hydrogens is 244 g/mol. The Labute approximate surface area is 100 Å². The number of esters is 1. The standard InChI is InChI=1S/C11H14O5S/c1-3-11(10(12)16-2,17(13,14)15)9-7-5-4-6-8-9/h4-8H,3H2,1-2H3,(H,13,14,15). The number of hydrogen-bond acceptors (Lipinski definition) is 4. The van der Waals surface area contributed by atoms with E-state index < -0.39 is 20.8 Å². The van der Waals surface area contributed by atoms with E-state index >= 15 is 0 Å². The Kier molecular flexibility index (Phi) is 3.90. The highest BCUT2D eigenvalue weighted by Crippen LogP contribution is 2.34. The molecule has 1 rings (SSSR count). The molecule has 0 fully saturated rings. The van der Waals surface area contributed by atoms with Crippen molar-refractivity contribution in [3.63, 3.8) is 0 Å². The molecular formula is C11H14O5S. The summed E-state index contributed by atoms with van der Waals surface area (Å²) in [5, 5.41) is 0. The Morgan fingerprint density at radius 1 is 1.35 bits per heavy atom. The van der Waals surface area contributed by atoms with E-state index in [4.69, 9.17) is 0 Å². The summed E-state index contributed by atoms with van der Waals surface area (Å²) in [6, 6.07) is 7.80. The number of carbonyl (C=O) groups excluding carboxylic acids is 1. The lowest BCUT2D eigenvalue weighted by Gasteiger charge is -2.26. The molecule has 0 saturated carbocycles. The van der Waals surface area contributed by atoms with Crippen molar-refractivity contribution in [3.05, 3.63) is 35.9 Å². The summed E-state index contributed by atoms with van der Waals surface area (Å²) in [5.41, 5.74) is 0.192. The van der Waals surface area contributed by atoms with Crippen LogP contribution < -0.4 is 0 Å². The van der Waals surface area contributed by atoms with Gasteiger partial charge in [-0.25, -0.2) is 4.79 Å². The van der Waals surface area contributed by atoms with Gasteiger partial charge in [-0.1, -0.05) is 37.3 Å². The lowest BCUT2D eigenvalue weighted by molar-refractivity contribution is -0.144. The third-order valence-electron chi connectivity index (χ3n) is 2.69. The van der Waals surface area contributed by atoms with Crippen LogP contribution in [0.4, 0.5) is 0 Å². The smallest absolute Gasteiger partial charge is 0.334 e. The quantitative estimate of drug-likeness (QED) is 0.651. The average Bonchev–Trinajstić information content (AvgIpc) is 2.30. The molecule has 1 atom stereocenters. The Balaban J connectivity index is 3.54. The van der Waals surface area contributed by atoms with Gasteiger partial charge in [0.1, 0.15) is 0 Å². The number of methoxy groups -OCH3 is 1. The molecule has 17 heavy (non-hydrogen) atoms. The van der Waals surface area contributed by atoms with Crippen LogP contribution in [-0.4, -0.2) is 26.0 Å². The minimum atomic E-state index is -4.62. The fourth-order valence-electron chi connectivity index (χ4n) is 1.78. The number of rotatable bonds is 4. The first-order chi connectivity index (χ1) is 7.90. The highest BCUT2D eigenvalue weighted by atomic mass is 32.2. The van der Waals surface area contributed by atoms with E-state index in [0.29, 0.717) is 0 Å². The molecule has 0 aliphatic carbocycles. The van der Waals surface area contributed by atoms with Crippen molar-refractivity contribution in [2.45, 2.75) is 18.1 Å². The number of ether oxygens (including phenoxy) is 1. The zero-order chi connectivity index (χ0) is 13.1. The van der Waals surface area contributed by atoms with Gasteiger partial charge in [0.25, 0.3) is 10.1 Å². The van der Waals surface area contributed by atoms with E-state index in [9.17, 15) is 17.8 Å². The normalized spacial score (nSPS) is 15.0. The van der Waals surface area contributed by atoms with E-state index in [1.807, 2.05) is 0 Å². The molecule has 0 aliphatic heterocycles. The number of carbonyl (C=O) groups is 1. The first kappa shape index (κ1) is 13.7.